The van der Waals surface area contributed by atoms with E-state index in [1.54, 1.807) is 0 Å². The van der Waals surface area contributed by atoms with E-state index in [4.69, 9.17) is 4.74 Å². The van der Waals surface area contributed by atoms with Crippen LogP contribution in [0.5, 0.6) is 0 Å². The Hall–Kier alpha value is -3.14. The molecule has 2 aromatic carbocycles. The number of aliphatic hydroxyl groups is 1. The number of amides is 2. The van der Waals surface area contributed by atoms with Gasteiger partial charge >= 0.3 is 6.09 Å². The van der Waals surface area contributed by atoms with Gasteiger partial charge in [0.25, 0.3) is 0 Å². The summed E-state index contributed by atoms with van der Waals surface area (Å²) in [5.74, 6) is -4.03. The molecule has 0 aromatic heterocycles. The molecule has 0 unspecified atom stereocenters. The molecule has 3 rings (SSSR count). The molecule has 2 amide bonds. The second-order valence-electron chi connectivity index (χ2n) is 12.6. The number of nitrogens with one attached hydrogen (secondary N) is 3. The third-order valence-electron chi connectivity index (χ3n) is 8.45. The molecule has 0 aliphatic carbocycles. The first-order valence-electron chi connectivity index (χ1n) is 16.8. The van der Waals surface area contributed by atoms with Gasteiger partial charge in [0.2, 0.25) is 5.91 Å². The fraction of sp³-hybridized carbons (Fsp3) is 0.588. The van der Waals surface area contributed by atoms with Gasteiger partial charge in [-0.25, -0.2) is 30.4 Å². The maximum atomic E-state index is 14.1. The van der Waals surface area contributed by atoms with Crippen molar-refractivity contribution in [2.45, 2.75) is 102 Å². The Morgan fingerprint density at radius 3 is 2.22 bits per heavy atom. The van der Waals surface area contributed by atoms with Crippen LogP contribution in [0.25, 0.3) is 0 Å². The minimum Gasteiger partial charge on any atom is -0.445 e. The van der Waals surface area contributed by atoms with Crippen molar-refractivity contribution in [3.8, 4) is 0 Å². The fourth-order valence-corrected chi connectivity index (χ4v) is 9.65. The van der Waals surface area contributed by atoms with Crippen LogP contribution in [0.2, 0.25) is 0 Å². The van der Waals surface area contributed by atoms with Crippen LogP contribution in [0, 0.1) is 11.6 Å². The third kappa shape index (κ3) is 13.3. The van der Waals surface area contributed by atoms with Crippen molar-refractivity contribution in [1.82, 2.24) is 16.0 Å². The molecule has 0 saturated carbocycles. The highest BCUT2D eigenvalue weighted by Crippen LogP contribution is 2.19. The molecule has 11 nitrogen and oxygen atoms in total. The van der Waals surface area contributed by atoms with Gasteiger partial charge in [0.1, 0.15) is 23.8 Å². The molecule has 0 radical (unpaired) electrons. The molecular formula is C34H49F2N3O8S2. The molecule has 2 aromatic rings. The number of ether oxygens (including phenoxy) is 1. The maximum absolute atomic E-state index is 14.1. The zero-order valence-corrected chi connectivity index (χ0v) is 29.9. The summed E-state index contributed by atoms with van der Waals surface area (Å²) in [4.78, 5) is 26.7. The summed E-state index contributed by atoms with van der Waals surface area (Å²) in [6.07, 6.45) is -0.944. The number of aryl methyl sites for hydroxylation is 1. The lowest BCUT2D eigenvalue weighted by Crippen LogP contribution is -2.57. The number of hydrogen-bond donors (Lipinski definition) is 4. The molecule has 1 heterocycles. The zero-order valence-electron chi connectivity index (χ0n) is 28.3. The molecule has 274 valence electrons. The second-order valence-corrected chi connectivity index (χ2v) is 17.2. The highest BCUT2D eigenvalue weighted by molar-refractivity contribution is 7.92. The first-order chi connectivity index (χ1) is 23.1. The quantitative estimate of drug-likeness (QED) is 0.170. The number of aliphatic hydroxyl groups excluding tert-OH is 1. The lowest BCUT2D eigenvalue weighted by atomic mass is 10.00. The average Bonchev–Trinajstić information content (AvgIpc) is 3.37. The number of carbonyl (C=O) groups excluding carboxylic acids is 2. The monoisotopic (exact) mass is 729 g/mol. The molecule has 4 atom stereocenters. The third-order valence-corrected chi connectivity index (χ3v) is 12.5. The summed E-state index contributed by atoms with van der Waals surface area (Å²) < 4.78 is 84.3. The summed E-state index contributed by atoms with van der Waals surface area (Å²) in [6.45, 7) is 6.02. The summed E-state index contributed by atoms with van der Waals surface area (Å²) in [5.41, 5.74) is 2.21. The predicted molar refractivity (Wildman–Crippen MR) is 183 cm³/mol. The Morgan fingerprint density at radius 2 is 1.63 bits per heavy atom. The van der Waals surface area contributed by atoms with Crippen molar-refractivity contribution in [2.24, 2.45) is 0 Å². The van der Waals surface area contributed by atoms with Gasteiger partial charge in [-0.2, -0.15) is 0 Å². The summed E-state index contributed by atoms with van der Waals surface area (Å²) in [5, 5.41) is 18.5. The van der Waals surface area contributed by atoms with Crippen LogP contribution in [0.4, 0.5) is 13.6 Å². The van der Waals surface area contributed by atoms with E-state index < -0.39 is 84.4 Å². The SMILES string of the molecule is CCCC(CCC)S(=O)(=O)C[C@H](NC(=O)O[C@H]1CCS(=O)(=O)C1)C(=O)N[C@@H](Cc1cc(F)cc(F)c1)[C@H](O)CNCc1cccc(CC)c1. The Labute approximate surface area is 288 Å². The number of benzene rings is 2. The van der Waals surface area contributed by atoms with Crippen LogP contribution in [0.15, 0.2) is 42.5 Å². The lowest BCUT2D eigenvalue weighted by Gasteiger charge is -2.28. The predicted octanol–water partition coefficient (Wildman–Crippen LogP) is 3.37. The molecule has 15 heteroatoms. The number of carbonyl (C=O) groups is 2. The van der Waals surface area contributed by atoms with E-state index in [-0.39, 0.29) is 30.7 Å². The summed E-state index contributed by atoms with van der Waals surface area (Å²) in [6, 6.07) is 7.78. The van der Waals surface area contributed by atoms with Gasteiger partial charge in [0, 0.05) is 19.2 Å². The van der Waals surface area contributed by atoms with E-state index in [2.05, 4.69) is 16.0 Å². The molecule has 4 N–H and O–H groups in total. The molecule has 0 bridgehead atoms. The zero-order chi connectivity index (χ0) is 36.2. The van der Waals surface area contributed by atoms with Crippen LogP contribution in [-0.4, -0.2) is 87.3 Å². The Kier molecular flexibility index (Phi) is 15.4. The lowest BCUT2D eigenvalue weighted by molar-refractivity contribution is -0.124. The van der Waals surface area contributed by atoms with Gasteiger partial charge in [-0.15, -0.1) is 0 Å². The van der Waals surface area contributed by atoms with Crippen molar-refractivity contribution < 1.29 is 45.0 Å². The first kappa shape index (κ1) is 40.3. The van der Waals surface area contributed by atoms with Crippen molar-refractivity contribution >= 4 is 31.7 Å². The van der Waals surface area contributed by atoms with Crippen LogP contribution in [0.3, 0.4) is 0 Å². The van der Waals surface area contributed by atoms with Crippen molar-refractivity contribution in [2.75, 3.05) is 23.8 Å². The normalized spacial score (nSPS) is 17.7. The first-order valence-corrected chi connectivity index (χ1v) is 20.3. The van der Waals surface area contributed by atoms with Gasteiger partial charge in [0.15, 0.2) is 19.7 Å². The Morgan fingerprint density at radius 1 is 0.980 bits per heavy atom. The highest BCUT2D eigenvalue weighted by Gasteiger charge is 2.36. The van der Waals surface area contributed by atoms with E-state index in [0.717, 1.165) is 29.7 Å². The highest BCUT2D eigenvalue weighted by atomic mass is 32.2. The van der Waals surface area contributed by atoms with Gasteiger partial charge in [-0.05, 0) is 60.9 Å². The molecule has 1 saturated heterocycles. The van der Waals surface area contributed by atoms with Gasteiger partial charge in [-0.3, -0.25) is 4.79 Å². The van der Waals surface area contributed by atoms with Crippen LogP contribution in [-0.2, 0) is 48.6 Å². The second kappa shape index (κ2) is 18.7. The minimum atomic E-state index is -3.96. The van der Waals surface area contributed by atoms with Crippen molar-refractivity contribution in [3.05, 3.63) is 70.8 Å². The van der Waals surface area contributed by atoms with Gasteiger partial charge in [-0.1, -0.05) is 57.9 Å². The van der Waals surface area contributed by atoms with E-state index in [9.17, 15) is 40.3 Å². The summed E-state index contributed by atoms with van der Waals surface area (Å²) >= 11 is 0. The van der Waals surface area contributed by atoms with E-state index in [1.165, 1.54) is 0 Å². The maximum Gasteiger partial charge on any atom is 0.408 e. The van der Waals surface area contributed by atoms with E-state index in [1.807, 2.05) is 45.0 Å². The molecule has 1 aliphatic rings. The molecule has 1 aliphatic heterocycles. The number of alkyl carbamates (subject to hydrolysis) is 1. The smallest absolute Gasteiger partial charge is 0.408 e. The van der Waals surface area contributed by atoms with Crippen molar-refractivity contribution in [1.29, 1.82) is 0 Å². The minimum absolute atomic E-state index is 0.0528. The number of hydrogen-bond acceptors (Lipinski definition) is 9. The largest absolute Gasteiger partial charge is 0.445 e. The fourth-order valence-electron chi connectivity index (χ4n) is 5.90. The standard InChI is InChI=1S/C34H49F2N3O8S2/c1-4-8-29(9-5-2)49(45,46)22-31(39-34(42)47-28-12-13-48(43,44)21-28)33(41)38-30(17-25-15-26(35)18-27(36)16-25)32(40)20-37-19-24-11-7-10-23(6-3)14-24/h7,10-11,14-16,18,28-32,37,40H,4-6,8-9,12-13,17,19-22H2,1-3H3,(H,38,41)(H,39,42)/t28-,30-,31-,32+/m0/s1. The molecule has 49 heavy (non-hydrogen) atoms. The average molecular weight is 730 g/mol. The number of rotatable bonds is 19. The van der Waals surface area contributed by atoms with E-state index in [0.29, 0.717) is 38.3 Å². The molecule has 0 spiro atoms. The van der Waals surface area contributed by atoms with E-state index >= 15 is 0 Å². The topological polar surface area (TPSA) is 168 Å². The molecule has 1 fully saturated rings. The van der Waals surface area contributed by atoms with Gasteiger partial charge in [0.05, 0.1) is 34.7 Å². The Bertz CT molecular complexity index is 1600. The van der Waals surface area contributed by atoms with Crippen LogP contribution < -0.4 is 16.0 Å². The van der Waals surface area contributed by atoms with Gasteiger partial charge < -0.3 is 25.8 Å². The summed E-state index contributed by atoms with van der Waals surface area (Å²) in [7, 11) is -7.36. The van der Waals surface area contributed by atoms with Crippen molar-refractivity contribution in [3.63, 3.8) is 0 Å². The molecular weight excluding hydrogens is 681 g/mol. The number of sulfone groups is 2. The number of halogens is 2. The Balaban J connectivity index is 1.85. The van der Waals surface area contributed by atoms with Crippen LogP contribution >= 0.6 is 0 Å². The van der Waals surface area contributed by atoms with Crippen LogP contribution in [0.1, 0.15) is 69.6 Å².